The third-order valence-electron chi connectivity index (χ3n) is 13.7. The minimum absolute atomic E-state index is 0.719. The van der Waals surface area contributed by atoms with Gasteiger partial charge in [-0.3, -0.25) is 9.80 Å². The van der Waals surface area contributed by atoms with Gasteiger partial charge in [0.25, 0.3) is 0 Å². The SMILES string of the molecule is c1ccc2oc(N(c3ccccc3)c3ccc(N(C4=CC=C(N(c5ccccc5)c5cc6c(o5)CCC=C6)CCC4)c4ccc5c6cccc7c6c(c6cccc4c65)=CC=CC7)cc3)cc2c#1. The van der Waals surface area contributed by atoms with Crippen LogP contribution in [0.25, 0.3) is 55.4 Å². The summed E-state index contributed by atoms with van der Waals surface area (Å²) >= 11 is 0. The largest absolute Gasteiger partial charge is 0.444 e. The van der Waals surface area contributed by atoms with E-state index >= 15 is 0 Å². The van der Waals surface area contributed by atoms with Crippen molar-refractivity contribution in [3.63, 3.8) is 0 Å². The Bertz CT molecular complexity index is 3670. The Kier molecular flexibility index (Phi) is 9.42. The molecular weight excluding hydrogens is 819 g/mol. The van der Waals surface area contributed by atoms with E-state index in [1.165, 1.54) is 60.1 Å². The van der Waals surface area contributed by atoms with Crippen LogP contribution in [-0.2, 0) is 12.8 Å². The minimum Gasteiger partial charge on any atom is -0.444 e. The summed E-state index contributed by atoms with van der Waals surface area (Å²) in [6.07, 6.45) is 21.5. The number of furan rings is 2. The zero-order chi connectivity index (χ0) is 44.3. The number of nitrogens with zero attached hydrogens (tertiary/aromatic N) is 3. The molecule has 0 atom stereocenters. The molecule has 2 aromatic heterocycles. The van der Waals surface area contributed by atoms with Gasteiger partial charge in [-0.15, -0.1) is 0 Å². The molecule has 3 aliphatic rings. The number of para-hydroxylation sites is 2. The normalized spacial score (nSPS) is 14.3. The summed E-state index contributed by atoms with van der Waals surface area (Å²) in [5.41, 5.74) is 11.0. The van der Waals surface area contributed by atoms with Gasteiger partial charge in [0.15, 0.2) is 0 Å². The van der Waals surface area contributed by atoms with Crippen LogP contribution in [-0.4, -0.2) is 0 Å². The van der Waals surface area contributed by atoms with Crippen molar-refractivity contribution >= 4 is 95.6 Å². The summed E-state index contributed by atoms with van der Waals surface area (Å²) in [5.74, 6) is 2.63. The molecule has 2 heterocycles. The summed E-state index contributed by atoms with van der Waals surface area (Å²) in [4.78, 5) is 6.99. The van der Waals surface area contributed by atoms with Crippen LogP contribution in [0.4, 0.5) is 40.2 Å². The summed E-state index contributed by atoms with van der Waals surface area (Å²) in [6.45, 7) is 0. The number of fused-ring (bicyclic) bond motifs is 4. The van der Waals surface area contributed by atoms with Crippen LogP contribution in [0, 0.1) is 12.1 Å². The molecule has 0 aliphatic heterocycles. The lowest BCUT2D eigenvalue weighted by Gasteiger charge is -2.30. The van der Waals surface area contributed by atoms with Crippen molar-refractivity contribution in [3.05, 3.63) is 234 Å². The fourth-order valence-electron chi connectivity index (χ4n) is 10.7. The van der Waals surface area contributed by atoms with E-state index in [0.29, 0.717) is 0 Å². The Labute approximate surface area is 389 Å². The molecule has 0 amide bonds. The summed E-state index contributed by atoms with van der Waals surface area (Å²) in [7, 11) is 0. The quantitative estimate of drug-likeness (QED) is 0.107. The third kappa shape index (κ3) is 6.72. The van der Waals surface area contributed by atoms with Gasteiger partial charge in [-0.05, 0) is 149 Å². The number of anilines is 7. The Morgan fingerprint density at radius 3 is 1.99 bits per heavy atom. The fourth-order valence-corrected chi connectivity index (χ4v) is 10.7. The van der Waals surface area contributed by atoms with Gasteiger partial charge in [0.05, 0.1) is 11.1 Å². The first kappa shape index (κ1) is 39.0. The van der Waals surface area contributed by atoms with Gasteiger partial charge in [0.2, 0.25) is 11.8 Å². The van der Waals surface area contributed by atoms with Crippen LogP contribution in [0.15, 0.2) is 208 Å². The summed E-state index contributed by atoms with van der Waals surface area (Å²) in [5, 5.41) is 9.92. The van der Waals surface area contributed by atoms with E-state index in [-0.39, 0.29) is 0 Å². The average Bonchev–Trinajstić information content (AvgIpc) is 3.84. The van der Waals surface area contributed by atoms with Crippen molar-refractivity contribution in [2.24, 2.45) is 0 Å². The van der Waals surface area contributed by atoms with E-state index < -0.39 is 0 Å². The number of benzene rings is 7. The standard InChI is InChI=1S/C62H45N3O2/c1-3-20-45(21-4-1)64(59-40-43-17-8-11-30-57(43)66-59)48-25-14-24-47(32-33-48)63(49-34-36-50(37-35-49)65(46-22-5-2-6-23-46)60-41-44-18-9-12-31-58(44)67-60)56-39-38-54-52-27-13-19-42-16-7-10-26-51(61(42)52)53-28-15-29-55(56)62(53)54/h1-8,10,12-13,15,17,19-23,26-29,31-41H,11,14,16,24-25,30H2. The van der Waals surface area contributed by atoms with Crippen LogP contribution < -0.4 is 19.9 Å². The Morgan fingerprint density at radius 2 is 1.19 bits per heavy atom. The molecular formula is C62H45N3O2. The second kappa shape index (κ2) is 16.2. The van der Waals surface area contributed by atoms with E-state index in [1.54, 1.807) is 0 Å². The van der Waals surface area contributed by atoms with Crippen molar-refractivity contribution < 1.29 is 8.83 Å². The molecule has 67 heavy (non-hydrogen) atoms. The highest BCUT2D eigenvalue weighted by atomic mass is 16.4. The zero-order valence-electron chi connectivity index (χ0n) is 37.0. The van der Waals surface area contributed by atoms with E-state index in [0.717, 1.165) is 95.5 Å². The maximum absolute atomic E-state index is 6.67. The monoisotopic (exact) mass is 863 g/mol. The van der Waals surface area contributed by atoms with Crippen LogP contribution in [0.1, 0.15) is 42.6 Å². The first-order chi connectivity index (χ1) is 33.2. The Balaban J connectivity index is 0.994. The highest BCUT2D eigenvalue weighted by molar-refractivity contribution is 6.25. The van der Waals surface area contributed by atoms with Crippen molar-refractivity contribution in [2.75, 3.05) is 14.7 Å². The van der Waals surface area contributed by atoms with Crippen LogP contribution in [0.5, 0.6) is 0 Å². The molecule has 320 valence electrons. The summed E-state index contributed by atoms with van der Waals surface area (Å²) in [6, 6.07) is 62.8. The molecule has 10 aromatic rings. The lowest BCUT2D eigenvalue weighted by molar-refractivity contribution is 0.511. The molecule has 0 unspecified atom stereocenters. The molecule has 8 aromatic carbocycles. The Morgan fingerprint density at radius 1 is 0.507 bits per heavy atom. The molecule has 13 rings (SSSR count). The highest BCUT2D eigenvalue weighted by Crippen LogP contribution is 2.45. The van der Waals surface area contributed by atoms with Crippen molar-refractivity contribution in [1.29, 1.82) is 0 Å². The molecule has 0 radical (unpaired) electrons. The molecule has 0 spiro atoms. The first-order valence-corrected chi connectivity index (χ1v) is 23.4. The van der Waals surface area contributed by atoms with E-state index in [2.05, 4.69) is 203 Å². The smallest absolute Gasteiger partial charge is 0.206 e. The number of hydrogen-bond donors (Lipinski definition) is 0. The second-order valence-electron chi connectivity index (χ2n) is 17.6. The lowest BCUT2D eigenvalue weighted by Crippen LogP contribution is -2.17. The fraction of sp³-hybridized carbons (Fsp3) is 0.0968. The number of allylic oxidation sites excluding steroid dienone is 7. The summed E-state index contributed by atoms with van der Waals surface area (Å²) < 4.78 is 13.2. The maximum Gasteiger partial charge on any atom is 0.206 e. The molecule has 3 aliphatic carbocycles. The number of hydrogen-bond acceptors (Lipinski definition) is 5. The highest BCUT2D eigenvalue weighted by Gasteiger charge is 2.26. The molecule has 0 saturated heterocycles. The zero-order valence-corrected chi connectivity index (χ0v) is 37.0. The molecule has 5 heteroatoms. The van der Waals surface area contributed by atoms with E-state index in [4.69, 9.17) is 8.83 Å². The van der Waals surface area contributed by atoms with Gasteiger partial charge in [-0.25, -0.2) is 0 Å². The van der Waals surface area contributed by atoms with Crippen LogP contribution in [0.2, 0.25) is 0 Å². The predicted octanol–water partition coefficient (Wildman–Crippen LogP) is 16.1. The van der Waals surface area contributed by atoms with Crippen molar-refractivity contribution in [3.8, 4) is 0 Å². The van der Waals surface area contributed by atoms with Crippen LogP contribution >= 0.6 is 0 Å². The predicted molar refractivity (Wildman–Crippen MR) is 277 cm³/mol. The average molecular weight is 864 g/mol. The molecule has 0 N–H and O–H groups in total. The van der Waals surface area contributed by atoms with Crippen molar-refractivity contribution in [2.45, 2.75) is 38.5 Å². The molecule has 0 bridgehead atoms. The van der Waals surface area contributed by atoms with Crippen LogP contribution in [0.3, 0.4) is 0 Å². The molecule has 5 nitrogen and oxygen atoms in total. The van der Waals surface area contributed by atoms with E-state index in [1.807, 2.05) is 24.3 Å². The topological polar surface area (TPSA) is 36.0 Å². The molecule has 0 saturated carbocycles. The van der Waals surface area contributed by atoms with Crippen molar-refractivity contribution in [1.82, 2.24) is 0 Å². The minimum atomic E-state index is 0.719. The van der Waals surface area contributed by atoms with Gasteiger partial charge in [-0.1, -0.05) is 121 Å². The van der Waals surface area contributed by atoms with E-state index in [9.17, 15) is 0 Å². The Hall–Kier alpha value is -8.46. The number of rotatable bonds is 9. The van der Waals surface area contributed by atoms with Gasteiger partial charge in [-0.2, -0.15) is 0 Å². The number of aryl methyl sites for hydroxylation is 1. The molecule has 0 fully saturated rings. The maximum atomic E-state index is 6.67. The van der Waals surface area contributed by atoms with Gasteiger partial charge in [0.1, 0.15) is 11.3 Å². The second-order valence-corrected chi connectivity index (χ2v) is 17.6. The van der Waals surface area contributed by atoms with Gasteiger partial charge >= 0.3 is 0 Å². The first-order valence-electron chi connectivity index (χ1n) is 23.4. The van der Waals surface area contributed by atoms with Gasteiger partial charge < -0.3 is 13.7 Å². The third-order valence-corrected chi connectivity index (χ3v) is 13.7. The van der Waals surface area contributed by atoms with Gasteiger partial charge in [0, 0.05) is 63.6 Å². The lowest BCUT2D eigenvalue weighted by atomic mass is 9.90.